The van der Waals surface area contributed by atoms with Crippen LogP contribution in [0.15, 0.2) is 12.2 Å². The molecule has 0 saturated carbocycles. The van der Waals surface area contributed by atoms with Crippen molar-refractivity contribution in [3.8, 4) is 0 Å². The van der Waals surface area contributed by atoms with E-state index in [0.717, 1.165) is 6.42 Å². The first-order chi connectivity index (χ1) is 10.3. The zero-order chi connectivity index (χ0) is 16.8. The summed E-state index contributed by atoms with van der Waals surface area (Å²) in [6, 6.07) is 0. The monoisotopic (exact) mass is 342 g/mol. The molecule has 0 spiro atoms. The Balaban J connectivity index is 2.64. The van der Waals surface area contributed by atoms with Gasteiger partial charge in [-0.15, -0.1) is 0 Å². The summed E-state index contributed by atoms with van der Waals surface area (Å²) in [5.74, 6) is 0. The first-order valence-corrected chi connectivity index (χ1v) is 8.21. The number of aliphatic hydroxyl groups excluding tert-OH is 3. The molecule has 0 aromatic heterocycles. The smallest absolute Gasteiger partial charge is 0.394 e. The number of aliphatic hydroxyl groups is 3. The Labute approximate surface area is 129 Å². The van der Waals surface area contributed by atoms with E-state index in [1.807, 2.05) is 19.1 Å². The van der Waals surface area contributed by atoms with Gasteiger partial charge >= 0.3 is 10.4 Å². The third-order valence-electron chi connectivity index (χ3n) is 3.02. The van der Waals surface area contributed by atoms with Crippen LogP contribution in [0.25, 0.3) is 0 Å². The van der Waals surface area contributed by atoms with Gasteiger partial charge in [0, 0.05) is 0 Å². The van der Waals surface area contributed by atoms with E-state index in [1.54, 1.807) is 0 Å². The quantitative estimate of drug-likeness (QED) is 0.248. The first kappa shape index (κ1) is 19.5. The number of hydrogen-bond donors (Lipinski definition) is 4. The normalized spacial score (nSPS) is 33.4. The average Bonchev–Trinajstić information content (AvgIpc) is 2.44. The minimum Gasteiger partial charge on any atom is -0.394 e. The molecule has 1 heterocycles. The van der Waals surface area contributed by atoms with Crippen LogP contribution in [0, 0.1) is 0 Å². The highest BCUT2D eigenvalue weighted by atomic mass is 32.3. The molecule has 1 aliphatic heterocycles. The topological polar surface area (TPSA) is 143 Å². The first-order valence-electron chi connectivity index (χ1n) is 6.85. The molecule has 1 saturated heterocycles. The highest BCUT2D eigenvalue weighted by Gasteiger charge is 2.47. The van der Waals surface area contributed by atoms with Gasteiger partial charge in [0.2, 0.25) is 0 Å². The van der Waals surface area contributed by atoms with E-state index >= 15 is 0 Å². The van der Waals surface area contributed by atoms with Crippen molar-refractivity contribution in [1.29, 1.82) is 0 Å². The number of ether oxygens (including phenoxy) is 2. The Bertz CT molecular complexity index is 448. The molecule has 0 aliphatic carbocycles. The number of hydrogen-bond acceptors (Lipinski definition) is 8. The largest absolute Gasteiger partial charge is 0.397 e. The van der Waals surface area contributed by atoms with Gasteiger partial charge in [-0.3, -0.25) is 4.55 Å². The summed E-state index contributed by atoms with van der Waals surface area (Å²) in [4.78, 5) is 0. The van der Waals surface area contributed by atoms with E-state index in [1.165, 1.54) is 0 Å². The highest BCUT2D eigenvalue weighted by Crippen LogP contribution is 2.25. The van der Waals surface area contributed by atoms with Gasteiger partial charge in [0.15, 0.2) is 6.29 Å². The summed E-state index contributed by atoms with van der Waals surface area (Å²) in [6.07, 6.45) is -2.24. The van der Waals surface area contributed by atoms with Crippen LogP contribution in [-0.2, 0) is 24.1 Å². The van der Waals surface area contributed by atoms with E-state index < -0.39 is 47.7 Å². The molecule has 0 amide bonds. The molecular formula is C12H22O9S. The SMILES string of the molecule is CC/C=C\CCO[C@@H]1O[C@H](CO)[C@@H](OS(=O)(=O)O)[C@H](O)[C@H]1O. The summed E-state index contributed by atoms with van der Waals surface area (Å²) in [5.41, 5.74) is 0. The zero-order valence-electron chi connectivity index (χ0n) is 12.1. The lowest BCUT2D eigenvalue weighted by Crippen LogP contribution is -2.60. The fraction of sp³-hybridized carbons (Fsp3) is 0.833. The lowest BCUT2D eigenvalue weighted by atomic mass is 9.99. The fourth-order valence-corrected chi connectivity index (χ4v) is 2.50. The molecule has 4 N–H and O–H groups in total. The Morgan fingerprint density at radius 1 is 1.23 bits per heavy atom. The predicted molar refractivity (Wildman–Crippen MR) is 74.2 cm³/mol. The van der Waals surface area contributed by atoms with Gasteiger partial charge in [0.05, 0.1) is 13.2 Å². The van der Waals surface area contributed by atoms with E-state index in [2.05, 4.69) is 4.18 Å². The highest BCUT2D eigenvalue weighted by molar-refractivity contribution is 7.80. The molecule has 22 heavy (non-hydrogen) atoms. The molecule has 0 aromatic rings. The van der Waals surface area contributed by atoms with Gasteiger partial charge in [0.25, 0.3) is 0 Å². The van der Waals surface area contributed by atoms with E-state index in [4.69, 9.17) is 14.0 Å². The molecule has 10 heteroatoms. The minimum atomic E-state index is -4.88. The second-order valence-electron chi connectivity index (χ2n) is 4.73. The summed E-state index contributed by atoms with van der Waals surface area (Å²) < 4.78 is 44.8. The van der Waals surface area contributed by atoms with Crippen molar-refractivity contribution in [3.63, 3.8) is 0 Å². The van der Waals surface area contributed by atoms with E-state index in [0.29, 0.717) is 6.42 Å². The minimum absolute atomic E-state index is 0.201. The maximum Gasteiger partial charge on any atom is 0.397 e. The van der Waals surface area contributed by atoms with Gasteiger partial charge < -0.3 is 24.8 Å². The Morgan fingerprint density at radius 3 is 2.45 bits per heavy atom. The van der Waals surface area contributed by atoms with Crippen LogP contribution in [-0.4, -0.2) is 72.2 Å². The van der Waals surface area contributed by atoms with Gasteiger partial charge in [0.1, 0.15) is 24.4 Å². The van der Waals surface area contributed by atoms with E-state index in [9.17, 15) is 23.7 Å². The van der Waals surface area contributed by atoms with Crippen molar-refractivity contribution < 1.29 is 41.9 Å². The average molecular weight is 342 g/mol. The molecule has 1 aliphatic rings. The Hall–Kier alpha value is -0.590. The van der Waals surface area contributed by atoms with Gasteiger partial charge in [-0.25, -0.2) is 4.18 Å². The molecule has 0 bridgehead atoms. The molecule has 130 valence electrons. The molecular weight excluding hydrogens is 320 g/mol. The Morgan fingerprint density at radius 2 is 1.91 bits per heavy atom. The third kappa shape index (κ3) is 5.89. The van der Waals surface area contributed by atoms with Crippen molar-refractivity contribution in [2.24, 2.45) is 0 Å². The maximum atomic E-state index is 10.7. The van der Waals surface area contributed by atoms with Crippen LogP contribution >= 0.6 is 0 Å². The molecule has 0 unspecified atom stereocenters. The van der Waals surface area contributed by atoms with Crippen LogP contribution in [0.4, 0.5) is 0 Å². The number of allylic oxidation sites excluding steroid dienone is 1. The molecule has 0 aromatic carbocycles. The van der Waals surface area contributed by atoms with Crippen LogP contribution < -0.4 is 0 Å². The molecule has 0 radical (unpaired) electrons. The van der Waals surface area contributed by atoms with Crippen molar-refractivity contribution in [2.45, 2.75) is 50.5 Å². The molecule has 1 fully saturated rings. The lowest BCUT2D eigenvalue weighted by molar-refractivity contribution is -0.296. The summed E-state index contributed by atoms with van der Waals surface area (Å²) >= 11 is 0. The fourth-order valence-electron chi connectivity index (χ4n) is 1.99. The standard InChI is InChI=1S/C12H22O9S/c1-2-3-4-5-6-19-12-10(15)9(14)11(8(7-13)20-12)21-22(16,17)18/h3-4,8-15H,2,5-7H2,1H3,(H,16,17,18)/b4-3-/t8-,9-,10-,11-,12-/m1/s1. The van der Waals surface area contributed by atoms with Gasteiger partial charge in [-0.1, -0.05) is 19.1 Å². The Kier molecular flexibility index (Phi) is 7.86. The zero-order valence-corrected chi connectivity index (χ0v) is 12.9. The summed E-state index contributed by atoms with van der Waals surface area (Å²) in [7, 11) is -4.88. The lowest BCUT2D eigenvalue weighted by Gasteiger charge is -2.40. The summed E-state index contributed by atoms with van der Waals surface area (Å²) in [6.45, 7) is 1.48. The van der Waals surface area contributed by atoms with Crippen molar-refractivity contribution in [2.75, 3.05) is 13.2 Å². The second-order valence-corrected chi connectivity index (χ2v) is 5.78. The molecule has 5 atom stereocenters. The number of rotatable bonds is 8. The van der Waals surface area contributed by atoms with E-state index in [-0.39, 0.29) is 6.61 Å². The van der Waals surface area contributed by atoms with Crippen LogP contribution in [0.2, 0.25) is 0 Å². The third-order valence-corrected chi connectivity index (χ3v) is 3.49. The van der Waals surface area contributed by atoms with Gasteiger partial charge in [-0.05, 0) is 12.8 Å². The predicted octanol–water partition coefficient (Wildman–Crippen LogP) is -1.01. The maximum absolute atomic E-state index is 10.7. The van der Waals surface area contributed by atoms with Crippen molar-refractivity contribution in [1.82, 2.24) is 0 Å². The van der Waals surface area contributed by atoms with Crippen molar-refractivity contribution >= 4 is 10.4 Å². The summed E-state index contributed by atoms with van der Waals surface area (Å²) in [5, 5.41) is 28.9. The van der Waals surface area contributed by atoms with Crippen LogP contribution in [0.3, 0.4) is 0 Å². The molecule has 1 rings (SSSR count). The van der Waals surface area contributed by atoms with Crippen LogP contribution in [0.1, 0.15) is 19.8 Å². The second kappa shape index (κ2) is 8.89. The van der Waals surface area contributed by atoms with Crippen LogP contribution in [0.5, 0.6) is 0 Å². The molecule has 9 nitrogen and oxygen atoms in total. The van der Waals surface area contributed by atoms with Gasteiger partial charge in [-0.2, -0.15) is 8.42 Å². The van der Waals surface area contributed by atoms with Crippen molar-refractivity contribution in [3.05, 3.63) is 12.2 Å².